The number of amides is 15. The number of thioether (sulfide) groups is 1. The van der Waals surface area contributed by atoms with Crippen LogP contribution in [0, 0.1) is 29.3 Å². The van der Waals surface area contributed by atoms with Gasteiger partial charge in [0.05, 0.1) is 24.8 Å². The SMILES string of the molecule is CCCC[C@H]1C(=O)N2C[C@@H](O)C[C@@H]2C(=O)N[C@@H](CC(=O)O)C(=O)N[C@@H](C(C)C)C(=O)N(C)[C@@H](Cc2ccccc2)C(=O)N[C@@H](Cc2ccc(O)cc2)C(=O)N2CCC[C@@H]2C(=O)N[C@@H]([C@@H](C)c2c[nH]c3ccccc23)C(=O)N[C@@H](Cc2ccc(O)cc2)C(=O)N[C@@H](CC(C)C)C(=O)N[C@H](C(=O)NCC(N)=O)CSCC(=O)N[C@@H](Cc2cc(F)c(F)c(F)c2)C(=O)N(C)[C@@H](Cc2ccccc2)C(=O)N1C. The number of aliphatic hydroxyl groups is 1. The van der Waals surface area contributed by atoms with Gasteiger partial charge in [0.25, 0.3) is 0 Å². The summed E-state index contributed by atoms with van der Waals surface area (Å²) in [5.74, 6) is -25.8. The number of carbonyl (C=O) groups is 16. The van der Waals surface area contributed by atoms with Crippen LogP contribution < -0.4 is 53.6 Å². The second-order valence-electron chi connectivity index (χ2n) is 36.0. The van der Waals surface area contributed by atoms with Gasteiger partial charge in [-0.3, -0.25) is 76.7 Å². The molecule has 15 atom stereocenters. The van der Waals surface area contributed by atoms with Crippen molar-refractivity contribution in [2.75, 3.05) is 52.3 Å². The topological polar surface area (TPSA) is 520 Å². The number of aliphatic carboxylic acids is 1. The molecule has 0 spiro atoms. The number of carboxylic acids is 1. The Morgan fingerprint density at radius 3 is 1.63 bits per heavy atom. The maximum Gasteiger partial charge on any atom is 0.305 e. The molecule has 36 nitrogen and oxygen atoms in total. The van der Waals surface area contributed by atoms with E-state index in [1.165, 1.54) is 88.4 Å². The van der Waals surface area contributed by atoms with Crippen LogP contribution in [0.2, 0.25) is 0 Å². The summed E-state index contributed by atoms with van der Waals surface area (Å²) in [6.45, 7) is 8.45. The Bertz CT molecular complexity index is 5530. The van der Waals surface area contributed by atoms with E-state index in [9.17, 15) is 53.6 Å². The number of aromatic hydroxyl groups is 2. The van der Waals surface area contributed by atoms with Gasteiger partial charge in [0.2, 0.25) is 88.6 Å². The standard InChI is InChI=1S/C98H121F3N16O20S/c1-10-11-27-76-97(136)117-50-63(120)46-78(117)92(131)107-71(47-82(123)124)89(128)111-84(54(4)5)98(137)114(8)77(44-56-21-14-12-15-22-56)91(130)109-73(42-59-31-35-62(119)36-32-59)95(134)116-37-20-28-75(116)90(129)112-85(55(6)65-48-103-68-26-19-18-25-64(65)68)93(132)108-70(41-58-29-33-61(118)34-30-58)88(127)106-69(38-53(2)3)87(126)110-74(86(125)104-49-80(102)121)51-138-52-81(122)105-72(43-60-39-66(99)83(101)67(100)40-60)94(133)115(9)79(96(135)113(76)7)45-57-23-16-13-17-24-57/h12-19,21-26,29-36,39-40,48,53-55,63,69-79,84-85,103,118-120H,10-11,20,27-28,37-38,41-47,49-52H2,1-9H3,(H2,102,121)(H,104,125)(H,105,122)(H,106,127)(H,107,131)(H,108,132)(H,109,130)(H,110,126)(H,111,128)(H,112,129)(H,123,124)/t55-,63-,69-,70-,71-,72-,73-,74-,75+,76-,77-,78+,79-,84-,85-/m0/s1. The molecular weight excluding hydrogens is 1810 g/mol. The van der Waals surface area contributed by atoms with E-state index in [0.29, 0.717) is 69.0 Å². The molecule has 3 saturated heterocycles. The maximum absolute atomic E-state index is 15.9. The molecule has 0 unspecified atom stereocenters. The van der Waals surface area contributed by atoms with E-state index in [2.05, 4.69) is 52.8 Å². The number of aromatic nitrogens is 1. The largest absolute Gasteiger partial charge is 0.508 e. The lowest BCUT2D eigenvalue weighted by molar-refractivity contribution is -0.152. The van der Waals surface area contributed by atoms with Gasteiger partial charge in [-0.1, -0.05) is 158 Å². The number of carboxylic acid groups (broad SMARTS) is 1. The number of rotatable bonds is 23. The number of aliphatic hydroxyl groups excluding tert-OH is 1. The van der Waals surface area contributed by atoms with Gasteiger partial charge in [-0.15, -0.1) is 11.8 Å². The van der Waals surface area contributed by atoms with Crippen molar-refractivity contribution in [1.29, 1.82) is 0 Å². The average Bonchev–Trinajstić information content (AvgIpc) is 1.71. The molecule has 16 N–H and O–H groups in total. The first-order chi connectivity index (χ1) is 65.6. The lowest BCUT2D eigenvalue weighted by Gasteiger charge is -2.38. The molecule has 0 saturated carbocycles. The van der Waals surface area contributed by atoms with Crippen molar-refractivity contribution >= 4 is 117 Å². The number of nitrogens with one attached hydrogen (secondary N) is 10. The van der Waals surface area contributed by atoms with E-state index in [4.69, 9.17) is 5.73 Å². The molecule has 0 bridgehead atoms. The number of aromatic amines is 1. The Hall–Kier alpha value is -13.9. The fraction of sp³-hybridized carbons (Fsp3) is 0.449. The molecule has 740 valence electrons. The number of H-pyrrole nitrogens is 1. The molecule has 7 aromatic rings. The molecule has 15 amide bonds. The van der Waals surface area contributed by atoms with Crippen molar-refractivity contribution in [3.05, 3.63) is 203 Å². The highest BCUT2D eigenvalue weighted by atomic mass is 32.2. The predicted molar refractivity (Wildman–Crippen MR) is 502 cm³/mol. The summed E-state index contributed by atoms with van der Waals surface area (Å²) in [4.78, 5) is 248. The van der Waals surface area contributed by atoms with E-state index >= 15 is 56.7 Å². The average molecular weight is 1930 g/mol. The minimum Gasteiger partial charge on any atom is -0.508 e. The van der Waals surface area contributed by atoms with Crippen molar-refractivity contribution in [3.63, 3.8) is 0 Å². The van der Waals surface area contributed by atoms with Crippen molar-refractivity contribution in [2.45, 2.75) is 216 Å². The summed E-state index contributed by atoms with van der Waals surface area (Å²) in [7, 11) is 3.67. The Kier molecular flexibility index (Phi) is 37.8. The van der Waals surface area contributed by atoms with Crippen LogP contribution in [-0.4, -0.2) is 281 Å². The van der Waals surface area contributed by atoms with Gasteiger partial charge >= 0.3 is 5.97 Å². The number of nitrogens with two attached hydrogens (primary N) is 1. The molecule has 3 aliphatic rings. The Labute approximate surface area is 800 Å². The summed E-state index contributed by atoms with van der Waals surface area (Å²) < 4.78 is 45.2. The number of hydrogen-bond acceptors (Lipinski definition) is 20. The van der Waals surface area contributed by atoms with Crippen LogP contribution >= 0.6 is 11.8 Å². The molecule has 1 aromatic heterocycles. The molecule has 0 radical (unpaired) electrons. The fourth-order valence-corrected chi connectivity index (χ4v) is 18.2. The van der Waals surface area contributed by atoms with Crippen LogP contribution in [0.4, 0.5) is 13.2 Å². The number of halogens is 3. The van der Waals surface area contributed by atoms with Crippen molar-refractivity contribution in [2.24, 2.45) is 17.6 Å². The molecule has 10 rings (SSSR count). The number of para-hydroxylation sites is 1. The Morgan fingerprint density at radius 1 is 0.522 bits per heavy atom. The minimum absolute atomic E-state index is 0.0129. The number of fused-ring (bicyclic) bond motifs is 3. The van der Waals surface area contributed by atoms with Gasteiger partial charge in [0.1, 0.15) is 90.0 Å². The number of benzene rings is 6. The fourth-order valence-electron chi connectivity index (χ4n) is 17.3. The predicted octanol–water partition coefficient (Wildman–Crippen LogP) is 3.34. The van der Waals surface area contributed by atoms with Crippen molar-refractivity contribution in [3.8, 4) is 11.5 Å². The summed E-state index contributed by atoms with van der Waals surface area (Å²) in [6.07, 6.45) is -2.98. The lowest BCUT2D eigenvalue weighted by atomic mass is 9.91. The second-order valence-corrected chi connectivity index (χ2v) is 37.0. The molecule has 6 aromatic carbocycles. The van der Waals surface area contributed by atoms with E-state index < -0.39 is 258 Å². The van der Waals surface area contributed by atoms with Crippen LogP contribution in [0.25, 0.3) is 10.9 Å². The van der Waals surface area contributed by atoms with Crippen LogP contribution in [0.1, 0.15) is 132 Å². The van der Waals surface area contributed by atoms with Crippen LogP contribution in [0.5, 0.6) is 11.5 Å². The second kappa shape index (κ2) is 49.2. The monoisotopic (exact) mass is 1930 g/mol. The lowest BCUT2D eigenvalue weighted by Crippen LogP contribution is -2.62. The molecule has 3 aliphatic heterocycles. The number of unbranched alkanes of at least 4 members (excludes halogenated alkanes) is 1. The van der Waals surface area contributed by atoms with Crippen molar-refractivity contribution < 1.29 is 110 Å². The van der Waals surface area contributed by atoms with E-state index in [0.717, 1.165) is 19.6 Å². The van der Waals surface area contributed by atoms with Gasteiger partial charge in [-0.2, -0.15) is 0 Å². The van der Waals surface area contributed by atoms with Crippen LogP contribution in [0.15, 0.2) is 152 Å². The first-order valence-electron chi connectivity index (χ1n) is 45.8. The van der Waals surface area contributed by atoms with Crippen LogP contribution in [0.3, 0.4) is 0 Å². The van der Waals surface area contributed by atoms with Crippen LogP contribution in [-0.2, 0) is 109 Å². The Morgan fingerprint density at radius 2 is 1.04 bits per heavy atom. The summed E-state index contributed by atoms with van der Waals surface area (Å²) in [5.41, 5.74) is 7.87. The number of primary amides is 1. The van der Waals surface area contributed by atoms with E-state index in [-0.39, 0.29) is 81.4 Å². The van der Waals surface area contributed by atoms with E-state index in [1.807, 2.05) is 0 Å². The number of nitrogens with zero attached hydrogens (tertiary/aromatic N) is 5. The van der Waals surface area contributed by atoms with Gasteiger partial charge in [-0.05, 0) is 113 Å². The third-order valence-electron chi connectivity index (χ3n) is 24.9. The quantitative estimate of drug-likeness (QED) is 0.0408. The molecule has 0 aliphatic carbocycles. The number of hydrogen-bond donors (Lipinski definition) is 15. The summed E-state index contributed by atoms with van der Waals surface area (Å²) in [5, 5.41) is 67.2. The summed E-state index contributed by atoms with van der Waals surface area (Å²) in [6, 6.07) is 14.4. The zero-order valence-corrected chi connectivity index (χ0v) is 79.0. The first-order valence-corrected chi connectivity index (χ1v) is 46.9. The zero-order chi connectivity index (χ0) is 101. The summed E-state index contributed by atoms with van der Waals surface area (Å²) >= 11 is 0.662. The van der Waals surface area contributed by atoms with E-state index in [1.54, 1.807) is 119 Å². The third kappa shape index (κ3) is 28.4. The van der Waals surface area contributed by atoms with Gasteiger partial charge < -0.3 is 103 Å². The highest BCUT2D eigenvalue weighted by Crippen LogP contribution is 2.32. The number of phenolic OH excluding ortho intramolecular Hbond substituents is 2. The number of carbonyl (C=O) groups excluding carboxylic acids is 15. The molecule has 40 heteroatoms. The number of phenols is 2. The smallest absolute Gasteiger partial charge is 0.305 e. The molecule has 3 fully saturated rings. The zero-order valence-electron chi connectivity index (χ0n) is 78.2. The normalized spacial score (nSPS) is 23.9. The molecule has 4 heterocycles. The Balaban J connectivity index is 1.07. The minimum atomic E-state index is -2.04. The third-order valence-corrected chi connectivity index (χ3v) is 25.9. The van der Waals surface area contributed by atoms with Crippen molar-refractivity contribution in [1.82, 2.24) is 77.3 Å². The number of likely N-dealkylation sites (N-methyl/N-ethyl adjacent to an activating group) is 3. The van der Waals surface area contributed by atoms with Gasteiger partial charge in [-0.25, -0.2) is 13.2 Å². The maximum atomic E-state index is 15.9. The highest BCUT2D eigenvalue weighted by Gasteiger charge is 2.48. The molecule has 138 heavy (non-hydrogen) atoms. The first kappa shape index (κ1) is 106. The van der Waals surface area contributed by atoms with Gasteiger partial charge in [0.15, 0.2) is 17.5 Å². The van der Waals surface area contributed by atoms with Gasteiger partial charge in [0, 0.05) is 102 Å². The molecular formula is C98H121F3N16O20S. The highest BCUT2D eigenvalue weighted by molar-refractivity contribution is 8.00.